The van der Waals surface area contributed by atoms with Crippen LogP contribution in [0.5, 0.6) is 0 Å². The normalized spacial score (nSPS) is 12.3. The lowest BCUT2D eigenvalue weighted by molar-refractivity contribution is -0.139. The van der Waals surface area contributed by atoms with Crippen molar-refractivity contribution in [3.8, 4) is 0 Å². The van der Waals surface area contributed by atoms with Gasteiger partial charge >= 0.3 is 5.97 Å². The Morgan fingerprint density at radius 1 is 1.44 bits per heavy atom. The van der Waals surface area contributed by atoms with E-state index in [0.717, 1.165) is 6.42 Å². The molecule has 18 heavy (non-hydrogen) atoms. The molecule has 0 aliphatic carbocycles. The lowest BCUT2D eigenvalue weighted by Gasteiger charge is -2.17. The summed E-state index contributed by atoms with van der Waals surface area (Å²) in [5.41, 5.74) is 1.23. The first-order valence-electron chi connectivity index (χ1n) is 5.84. The largest absolute Gasteiger partial charge is 0.480 e. The highest BCUT2D eigenvalue weighted by atomic mass is 16.5. The molecule has 0 spiro atoms. The molecule has 1 aromatic rings. The van der Waals surface area contributed by atoms with Crippen molar-refractivity contribution >= 4 is 5.97 Å². The van der Waals surface area contributed by atoms with Gasteiger partial charge in [0, 0.05) is 13.7 Å². The third-order valence-corrected chi connectivity index (χ3v) is 2.66. The summed E-state index contributed by atoms with van der Waals surface area (Å²) < 4.78 is 4.91. The summed E-state index contributed by atoms with van der Waals surface area (Å²) in [6.07, 6.45) is 0.738. The fourth-order valence-corrected chi connectivity index (χ4v) is 1.75. The van der Waals surface area contributed by atoms with Crippen LogP contribution in [-0.2, 0) is 16.1 Å². The van der Waals surface area contributed by atoms with Gasteiger partial charge in [-0.05, 0) is 24.1 Å². The Morgan fingerprint density at radius 2 is 2.17 bits per heavy atom. The van der Waals surface area contributed by atoms with Crippen molar-refractivity contribution in [2.45, 2.75) is 19.1 Å². The molecule has 1 atom stereocenters. The van der Waals surface area contributed by atoms with Gasteiger partial charge in [0.15, 0.2) is 0 Å². The van der Waals surface area contributed by atoms with E-state index >= 15 is 0 Å². The second kappa shape index (κ2) is 7.81. The van der Waals surface area contributed by atoms with Crippen molar-refractivity contribution in [3.05, 3.63) is 35.4 Å². The van der Waals surface area contributed by atoms with Crippen molar-refractivity contribution < 1.29 is 19.7 Å². The summed E-state index contributed by atoms with van der Waals surface area (Å²) in [6.45, 7) is 0.964. The third kappa shape index (κ3) is 4.10. The number of hydrogen-bond acceptors (Lipinski definition) is 4. The summed E-state index contributed by atoms with van der Waals surface area (Å²) in [4.78, 5) is 11.3. The van der Waals surface area contributed by atoms with E-state index in [1.54, 1.807) is 31.4 Å². The first kappa shape index (κ1) is 14.6. The van der Waals surface area contributed by atoms with Crippen LogP contribution in [-0.4, -0.2) is 36.4 Å². The molecule has 0 aliphatic rings. The molecule has 0 radical (unpaired) electrons. The SMILES string of the molecule is COCCCNC(C(=O)O)c1ccccc1CO. The molecular weight excluding hydrogens is 234 g/mol. The second-order valence-corrected chi connectivity index (χ2v) is 3.93. The number of rotatable bonds is 8. The van der Waals surface area contributed by atoms with E-state index in [9.17, 15) is 15.0 Å². The number of methoxy groups -OCH3 is 1. The lowest BCUT2D eigenvalue weighted by Crippen LogP contribution is -2.30. The van der Waals surface area contributed by atoms with Crippen LogP contribution < -0.4 is 5.32 Å². The molecule has 3 N–H and O–H groups in total. The Kier molecular flexibility index (Phi) is 6.35. The minimum atomic E-state index is -0.951. The van der Waals surface area contributed by atoms with Crippen molar-refractivity contribution in [1.29, 1.82) is 0 Å². The fraction of sp³-hybridized carbons (Fsp3) is 0.462. The zero-order chi connectivity index (χ0) is 13.4. The molecule has 0 heterocycles. The number of carboxylic acid groups (broad SMARTS) is 1. The van der Waals surface area contributed by atoms with E-state index in [1.807, 2.05) is 0 Å². The second-order valence-electron chi connectivity index (χ2n) is 3.93. The predicted molar refractivity (Wildman–Crippen MR) is 67.2 cm³/mol. The van der Waals surface area contributed by atoms with Gasteiger partial charge in [-0.3, -0.25) is 4.79 Å². The number of aliphatic hydroxyl groups is 1. The van der Waals surface area contributed by atoms with Crippen molar-refractivity contribution in [1.82, 2.24) is 5.32 Å². The van der Waals surface area contributed by atoms with Crippen LogP contribution >= 0.6 is 0 Å². The Bertz CT molecular complexity index is 381. The molecular formula is C13H19NO4. The Morgan fingerprint density at radius 3 is 2.78 bits per heavy atom. The van der Waals surface area contributed by atoms with Crippen molar-refractivity contribution in [2.75, 3.05) is 20.3 Å². The third-order valence-electron chi connectivity index (χ3n) is 2.66. The standard InChI is InChI=1S/C13H19NO4/c1-18-8-4-7-14-12(13(16)17)11-6-3-2-5-10(11)9-15/h2-3,5-6,12,14-15H,4,7-9H2,1H3,(H,16,17). The van der Waals surface area contributed by atoms with Gasteiger partial charge in [0.25, 0.3) is 0 Å². The molecule has 0 aromatic heterocycles. The zero-order valence-electron chi connectivity index (χ0n) is 10.4. The molecule has 0 saturated carbocycles. The molecule has 1 unspecified atom stereocenters. The van der Waals surface area contributed by atoms with Crippen LogP contribution in [0.1, 0.15) is 23.6 Å². The lowest BCUT2D eigenvalue weighted by atomic mass is 10.0. The summed E-state index contributed by atoms with van der Waals surface area (Å²) >= 11 is 0. The van der Waals surface area contributed by atoms with E-state index in [1.165, 1.54) is 0 Å². The predicted octanol–water partition coefficient (Wildman–Crippen LogP) is 0.931. The maximum absolute atomic E-state index is 11.3. The molecule has 0 saturated heterocycles. The first-order chi connectivity index (χ1) is 8.70. The highest BCUT2D eigenvalue weighted by molar-refractivity contribution is 5.76. The number of ether oxygens (including phenoxy) is 1. The molecule has 1 aromatic carbocycles. The van der Waals surface area contributed by atoms with Gasteiger partial charge in [-0.25, -0.2) is 0 Å². The molecule has 5 heteroatoms. The number of carbonyl (C=O) groups is 1. The van der Waals surface area contributed by atoms with Crippen molar-refractivity contribution in [2.24, 2.45) is 0 Å². The topological polar surface area (TPSA) is 78.8 Å². The van der Waals surface area contributed by atoms with E-state index in [-0.39, 0.29) is 6.61 Å². The number of aliphatic hydroxyl groups excluding tert-OH is 1. The zero-order valence-corrected chi connectivity index (χ0v) is 10.4. The number of nitrogens with one attached hydrogen (secondary N) is 1. The minimum Gasteiger partial charge on any atom is -0.480 e. The van der Waals surface area contributed by atoms with E-state index < -0.39 is 12.0 Å². The monoisotopic (exact) mass is 253 g/mol. The van der Waals surface area contributed by atoms with Gasteiger partial charge in [0.1, 0.15) is 6.04 Å². The van der Waals surface area contributed by atoms with Crippen LogP contribution in [0.3, 0.4) is 0 Å². The highest BCUT2D eigenvalue weighted by Gasteiger charge is 2.21. The highest BCUT2D eigenvalue weighted by Crippen LogP contribution is 2.18. The van der Waals surface area contributed by atoms with Crippen LogP contribution in [0.2, 0.25) is 0 Å². The minimum absolute atomic E-state index is 0.167. The first-order valence-corrected chi connectivity index (χ1v) is 5.84. The van der Waals surface area contributed by atoms with Gasteiger partial charge in [-0.15, -0.1) is 0 Å². The molecule has 5 nitrogen and oxygen atoms in total. The summed E-state index contributed by atoms with van der Waals surface area (Å²) in [5, 5.41) is 21.4. The van der Waals surface area contributed by atoms with Crippen LogP contribution in [0.15, 0.2) is 24.3 Å². The van der Waals surface area contributed by atoms with Gasteiger partial charge < -0.3 is 20.3 Å². The van der Waals surface area contributed by atoms with E-state index in [4.69, 9.17) is 4.74 Å². The van der Waals surface area contributed by atoms with Gasteiger partial charge in [0.2, 0.25) is 0 Å². The van der Waals surface area contributed by atoms with Crippen LogP contribution in [0.4, 0.5) is 0 Å². The molecule has 0 bridgehead atoms. The summed E-state index contributed by atoms with van der Waals surface area (Å²) in [7, 11) is 1.61. The number of carboxylic acids is 1. The maximum atomic E-state index is 11.3. The Labute approximate surface area is 106 Å². The van der Waals surface area contributed by atoms with Gasteiger partial charge in [0.05, 0.1) is 6.61 Å². The molecule has 100 valence electrons. The molecule has 0 amide bonds. The number of hydrogen-bond donors (Lipinski definition) is 3. The van der Waals surface area contributed by atoms with Crippen LogP contribution in [0, 0.1) is 0 Å². The maximum Gasteiger partial charge on any atom is 0.325 e. The molecule has 1 rings (SSSR count). The number of aliphatic carboxylic acids is 1. The summed E-state index contributed by atoms with van der Waals surface area (Å²) in [6, 6.07) is 6.18. The van der Waals surface area contributed by atoms with E-state index in [2.05, 4.69) is 5.32 Å². The smallest absolute Gasteiger partial charge is 0.325 e. The Balaban J connectivity index is 2.74. The van der Waals surface area contributed by atoms with Crippen molar-refractivity contribution in [3.63, 3.8) is 0 Å². The van der Waals surface area contributed by atoms with Gasteiger partial charge in [-0.2, -0.15) is 0 Å². The van der Waals surface area contributed by atoms with E-state index in [0.29, 0.717) is 24.3 Å². The number of benzene rings is 1. The fourth-order valence-electron chi connectivity index (χ4n) is 1.75. The molecule has 0 aliphatic heterocycles. The average Bonchev–Trinajstić information content (AvgIpc) is 2.38. The Hall–Kier alpha value is -1.43. The quantitative estimate of drug-likeness (QED) is 0.601. The average molecular weight is 253 g/mol. The molecule has 0 fully saturated rings. The van der Waals surface area contributed by atoms with Gasteiger partial charge in [-0.1, -0.05) is 24.3 Å². The summed E-state index contributed by atoms with van der Waals surface area (Å²) in [5.74, 6) is -0.951. The van der Waals surface area contributed by atoms with Crippen LogP contribution in [0.25, 0.3) is 0 Å².